The Bertz CT molecular complexity index is 608. The molecule has 1 unspecified atom stereocenters. The Hall–Kier alpha value is -1.01. The summed E-state index contributed by atoms with van der Waals surface area (Å²) in [7, 11) is 0. The molecule has 2 rings (SSSR count). The van der Waals surface area contributed by atoms with Crippen LogP contribution in [0.3, 0.4) is 0 Å². The van der Waals surface area contributed by atoms with Gasteiger partial charge >= 0.3 is 0 Å². The molecule has 112 valence electrons. The van der Waals surface area contributed by atoms with E-state index in [-0.39, 0.29) is 17.7 Å². The number of nitrogens with one attached hydrogen (secondary N) is 1. The second-order valence-corrected chi connectivity index (χ2v) is 6.28. The van der Waals surface area contributed by atoms with E-state index in [2.05, 4.69) is 34.8 Å². The van der Waals surface area contributed by atoms with E-state index in [9.17, 15) is 8.78 Å². The molecule has 0 amide bonds. The molecule has 0 saturated carbocycles. The van der Waals surface area contributed by atoms with E-state index in [0.717, 1.165) is 33.2 Å². The largest absolute Gasteiger partial charge is 0.306 e. The number of hydrogen-bond acceptors (Lipinski definition) is 1. The van der Waals surface area contributed by atoms with E-state index in [1.54, 1.807) is 12.1 Å². The van der Waals surface area contributed by atoms with Gasteiger partial charge in [-0.25, -0.2) is 8.78 Å². The quantitative estimate of drug-likeness (QED) is 0.698. The Morgan fingerprint density at radius 2 is 1.86 bits per heavy atom. The van der Waals surface area contributed by atoms with Crippen LogP contribution >= 0.6 is 22.6 Å². The average molecular weight is 401 g/mol. The van der Waals surface area contributed by atoms with Gasteiger partial charge < -0.3 is 5.32 Å². The zero-order valence-electron chi connectivity index (χ0n) is 12.1. The fourth-order valence-corrected chi connectivity index (χ4v) is 3.15. The summed E-state index contributed by atoms with van der Waals surface area (Å²) in [5, 5.41) is 3.42. The lowest BCUT2D eigenvalue weighted by Gasteiger charge is -2.21. The first-order chi connectivity index (χ1) is 10.0. The van der Waals surface area contributed by atoms with Crippen LogP contribution in [0, 0.1) is 22.1 Å². The van der Waals surface area contributed by atoms with Gasteiger partial charge in [-0.1, -0.05) is 19.1 Å². The molecule has 0 radical (unpaired) electrons. The second-order valence-electron chi connectivity index (χ2n) is 5.11. The maximum Gasteiger partial charge on any atom is 0.124 e. The normalized spacial score (nSPS) is 12.4. The predicted octanol–water partition coefficient (Wildman–Crippen LogP) is 4.97. The molecule has 2 aromatic rings. The van der Waals surface area contributed by atoms with E-state index in [0.29, 0.717) is 0 Å². The molecule has 1 atom stereocenters. The molecule has 0 fully saturated rings. The lowest BCUT2D eigenvalue weighted by atomic mass is 9.97. The molecule has 0 aliphatic carbocycles. The summed E-state index contributed by atoms with van der Waals surface area (Å²) in [4.78, 5) is 0. The van der Waals surface area contributed by atoms with Gasteiger partial charge in [0, 0.05) is 3.57 Å². The van der Waals surface area contributed by atoms with Crippen LogP contribution in [-0.4, -0.2) is 6.54 Å². The lowest BCUT2D eigenvalue weighted by Crippen LogP contribution is -2.24. The zero-order valence-corrected chi connectivity index (χ0v) is 14.2. The maximum atomic E-state index is 13.7. The van der Waals surface area contributed by atoms with Gasteiger partial charge in [0.1, 0.15) is 11.6 Å². The summed E-state index contributed by atoms with van der Waals surface area (Å²) >= 11 is 2.12. The minimum absolute atomic E-state index is 0.133. The summed E-state index contributed by atoms with van der Waals surface area (Å²) in [6.07, 6.45) is 0.975. The van der Waals surface area contributed by atoms with Crippen LogP contribution in [0.2, 0.25) is 0 Å². The van der Waals surface area contributed by atoms with Crippen molar-refractivity contribution in [2.75, 3.05) is 6.54 Å². The minimum Gasteiger partial charge on any atom is -0.306 e. The maximum absolute atomic E-state index is 13.7. The van der Waals surface area contributed by atoms with Gasteiger partial charge in [0.05, 0.1) is 6.04 Å². The van der Waals surface area contributed by atoms with Gasteiger partial charge in [0.15, 0.2) is 0 Å². The van der Waals surface area contributed by atoms with Crippen LogP contribution in [0.25, 0.3) is 0 Å². The summed E-state index contributed by atoms with van der Waals surface area (Å²) < 4.78 is 27.8. The molecular weight excluding hydrogens is 383 g/mol. The van der Waals surface area contributed by atoms with Crippen molar-refractivity contribution >= 4 is 22.6 Å². The van der Waals surface area contributed by atoms with Crippen LogP contribution in [0.1, 0.15) is 36.1 Å². The van der Waals surface area contributed by atoms with Crippen molar-refractivity contribution in [1.29, 1.82) is 0 Å². The number of benzene rings is 2. The average Bonchev–Trinajstić information content (AvgIpc) is 2.40. The van der Waals surface area contributed by atoms with E-state index in [1.807, 2.05) is 13.0 Å². The molecule has 0 saturated heterocycles. The first-order valence-electron chi connectivity index (χ1n) is 6.96. The Labute approximate surface area is 137 Å². The Morgan fingerprint density at radius 1 is 1.10 bits per heavy atom. The molecule has 0 aliphatic rings. The standard InChI is InChI=1S/C17H18F2IN/c1-3-6-21-17(12-7-11(2)8-14(19)9-12)15-5-4-13(18)10-16(15)20/h4-5,7-10,17,21H,3,6H2,1-2H3. The molecule has 21 heavy (non-hydrogen) atoms. The van der Waals surface area contributed by atoms with Crippen LogP contribution in [-0.2, 0) is 0 Å². The van der Waals surface area contributed by atoms with Gasteiger partial charge in [-0.05, 0) is 83.4 Å². The van der Waals surface area contributed by atoms with Crippen LogP contribution in [0.4, 0.5) is 8.78 Å². The van der Waals surface area contributed by atoms with E-state index >= 15 is 0 Å². The highest BCUT2D eigenvalue weighted by atomic mass is 127. The van der Waals surface area contributed by atoms with Gasteiger partial charge in [0.25, 0.3) is 0 Å². The van der Waals surface area contributed by atoms with Crippen molar-refractivity contribution in [2.45, 2.75) is 26.3 Å². The van der Waals surface area contributed by atoms with Gasteiger partial charge in [0.2, 0.25) is 0 Å². The number of hydrogen-bond donors (Lipinski definition) is 1. The number of rotatable bonds is 5. The third kappa shape index (κ3) is 4.23. The first-order valence-corrected chi connectivity index (χ1v) is 8.04. The Balaban J connectivity index is 2.46. The van der Waals surface area contributed by atoms with Crippen molar-refractivity contribution in [3.8, 4) is 0 Å². The fourth-order valence-electron chi connectivity index (χ4n) is 2.36. The molecule has 4 heteroatoms. The van der Waals surface area contributed by atoms with Crippen molar-refractivity contribution in [1.82, 2.24) is 5.32 Å². The highest BCUT2D eigenvalue weighted by Crippen LogP contribution is 2.28. The monoisotopic (exact) mass is 401 g/mol. The zero-order chi connectivity index (χ0) is 15.4. The minimum atomic E-state index is -0.257. The molecule has 1 nitrogen and oxygen atoms in total. The summed E-state index contributed by atoms with van der Waals surface area (Å²) in [5.74, 6) is -0.502. The molecular formula is C17H18F2IN. The van der Waals surface area contributed by atoms with E-state index < -0.39 is 0 Å². The van der Waals surface area contributed by atoms with Gasteiger partial charge in [-0.2, -0.15) is 0 Å². The molecule has 2 aromatic carbocycles. The van der Waals surface area contributed by atoms with Crippen molar-refractivity contribution in [2.24, 2.45) is 0 Å². The second kappa shape index (κ2) is 7.31. The highest BCUT2D eigenvalue weighted by Gasteiger charge is 2.17. The molecule has 0 aliphatic heterocycles. The smallest absolute Gasteiger partial charge is 0.124 e. The van der Waals surface area contributed by atoms with E-state index in [4.69, 9.17) is 0 Å². The molecule has 1 N–H and O–H groups in total. The summed E-state index contributed by atoms with van der Waals surface area (Å²) in [6.45, 7) is 4.77. The van der Waals surface area contributed by atoms with Crippen molar-refractivity contribution in [3.05, 3.63) is 68.3 Å². The third-order valence-corrected chi connectivity index (χ3v) is 4.20. The molecule has 0 bridgehead atoms. The van der Waals surface area contributed by atoms with Gasteiger partial charge in [-0.15, -0.1) is 0 Å². The van der Waals surface area contributed by atoms with Crippen molar-refractivity contribution < 1.29 is 8.78 Å². The number of aryl methyl sites for hydroxylation is 1. The molecule has 0 heterocycles. The topological polar surface area (TPSA) is 12.0 Å². The third-order valence-electron chi connectivity index (χ3n) is 3.27. The Kier molecular flexibility index (Phi) is 5.70. The van der Waals surface area contributed by atoms with Gasteiger partial charge in [-0.3, -0.25) is 0 Å². The Morgan fingerprint density at radius 3 is 2.48 bits per heavy atom. The SMILES string of the molecule is CCCNC(c1cc(C)cc(F)c1)c1ccc(F)cc1I. The first kappa shape index (κ1) is 16.4. The predicted molar refractivity (Wildman–Crippen MR) is 90.4 cm³/mol. The van der Waals surface area contributed by atoms with Crippen LogP contribution < -0.4 is 5.32 Å². The highest BCUT2D eigenvalue weighted by molar-refractivity contribution is 14.1. The van der Waals surface area contributed by atoms with Crippen molar-refractivity contribution in [3.63, 3.8) is 0 Å². The number of halogens is 3. The fraction of sp³-hybridized carbons (Fsp3) is 0.294. The summed E-state index contributed by atoms with van der Waals surface area (Å²) in [6, 6.07) is 9.61. The molecule has 0 aromatic heterocycles. The summed E-state index contributed by atoms with van der Waals surface area (Å²) in [5.41, 5.74) is 2.71. The van der Waals surface area contributed by atoms with E-state index in [1.165, 1.54) is 18.2 Å². The molecule has 0 spiro atoms. The van der Waals surface area contributed by atoms with Crippen LogP contribution in [0.5, 0.6) is 0 Å². The lowest BCUT2D eigenvalue weighted by molar-refractivity contribution is 0.579. The van der Waals surface area contributed by atoms with Crippen LogP contribution in [0.15, 0.2) is 36.4 Å².